The van der Waals surface area contributed by atoms with Gasteiger partial charge >= 0.3 is 6.18 Å². The molecule has 0 atom stereocenters. The summed E-state index contributed by atoms with van der Waals surface area (Å²) < 4.78 is 43.8. The van der Waals surface area contributed by atoms with Gasteiger partial charge in [0.2, 0.25) is 5.88 Å². The average molecular weight is 324 g/mol. The van der Waals surface area contributed by atoms with Crippen molar-refractivity contribution >= 4 is 5.91 Å². The molecule has 23 heavy (non-hydrogen) atoms. The molecule has 0 saturated heterocycles. The fraction of sp³-hybridized carbons (Fsp3) is 0.250. The van der Waals surface area contributed by atoms with Crippen molar-refractivity contribution in [2.75, 3.05) is 14.2 Å². The van der Waals surface area contributed by atoms with Crippen molar-refractivity contribution in [1.82, 2.24) is 9.88 Å². The molecule has 0 saturated carbocycles. The van der Waals surface area contributed by atoms with E-state index in [4.69, 9.17) is 4.74 Å². The smallest absolute Gasteiger partial charge is 0.416 e. The Hall–Kier alpha value is -2.57. The summed E-state index contributed by atoms with van der Waals surface area (Å²) in [7, 11) is 2.89. The molecule has 2 rings (SSSR count). The summed E-state index contributed by atoms with van der Waals surface area (Å²) in [5, 5.41) is 0. The Balaban J connectivity index is 2.18. The molecule has 2 aromatic rings. The lowest BCUT2D eigenvalue weighted by Crippen LogP contribution is -2.27. The fourth-order valence-electron chi connectivity index (χ4n) is 2.11. The Labute approximate surface area is 131 Å². The lowest BCUT2D eigenvalue weighted by atomic mass is 10.1. The van der Waals surface area contributed by atoms with Crippen molar-refractivity contribution in [3.63, 3.8) is 0 Å². The molecular formula is C16H15F3N2O2. The Morgan fingerprint density at radius 3 is 2.48 bits per heavy atom. The predicted octanol–water partition coefficient (Wildman–Crippen LogP) is 3.38. The molecule has 0 spiro atoms. The number of halogens is 3. The highest BCUT2D eigenvalue weighted by molar-refractivity contribution is 5.93. The number of rotatable bonds is 4. The van der Waals surface area contributed by atoms with Gasteiger partial charge in [0.15, 0.2) is 0 Å². The van der Waals surface area contributed by atoms with Gasteiger partial charge in [-0.1, -0.05) is 18.2 Å². The summed E-state index contributed by atoms with van der Waals surface area (Å²) in [5.41, 5.74) is -0.428. The molecule has 1 amide bonds. The highest BCUT2D eigenvalue weighted by atomic mass is 19.4. The molecule has 0 aliphatic rings. The zero-order valence-corrected chi connectivity index (χ0v) is 12.6. The minimum absolute atomic E-state index is 0.0392. The first-order chi connectivity index (χ1) is 10.8. The Bertz CT molecular complexity index is 684. The van der Waals surface area contributed by atoms with Gasteiger partial charge in [0, 0.05) is 25.9 Å². The molecule has 7 heteroatoms. The van der Waals surface area contributed by atoms with Crippen molar-refractivity contribution < 1.29 is 22.7 Å². The molecule has 1 aromatic heterocycles. The van der Waals surface area contributed by atoms with Crippen LogP contribution in [0.5, 0.6) is 5.88 Å². The molecule has 0 aliphatic carbocycles. The van der Waals surface area contributed by atoms with Crippen LogP contribution in [0.3, 0.4) is 0 Å². The molecule has 0 radical (unpaired) electrons. The summed E-state index contributed by atoms with van der Waals surface area (Å²) in [6.07, 6.45) is -3.13. The van der Waals surface area contributed by atoms with Crippen molar-refractivity contribution in [3.05, 3.63) is 59.3 Å². The van der Waals surface area contributed by atoms with Crippen LogP contribution in [0.25, 0.3) is 0 Å². The van der Waals surface area contributed by atoms with Crippen molar-refractivity contribution in [2.45, 2.75) is 12.7 Å². The van der Waals surface area contributed by atoms with Crippen molar-refractivity contribution in [1.29, 1.82) is 0 Å². The number of nitrogens with zero attached hydrogens (tertiary/aromatic N) is 2. The van der Waals surface area contributed by atoms with E-state index in [0.717, 1.165) is 6.07 Å². The van der Waals surface area contributed by atoms with E-state index in [1.165, 1.54) is 55.6 Å². The number of carbonyl (C=O) groups is 1. The maximum Gasteiger partial charge on any atom is 0.416 e. The zero-order chi connectivity index (χ0) is 17.0. The van der Waals surface area contributed by atoms with E-state index in [2.05, 4.69) is 4.98 Å². The molecule has 0 unspecified atom stereocenters. The van der Waals surface area contributed by atoms with Gasteiger partial charge in [-0.05, 0) is 17.7 Å². The molecule has 4 nitrogen and oxygen atoms in total. The van der Waals surface area contributed by atoms with Crippen LogP contribution in [0.4, 0.5) is 13.2 Å². The van der Waals surface area contributed by atoms with Gasteiger partial charge in [-0.3, -0.25) is 4.79 Å². The normalized spacial score (nSPS) is 11.2. The van der Waals surface area contributed by atoms with Gasteiger partial charge in [-0.2, -0.15) is 13.2 Å². The standard InChI is InChI=1S/C16H15F3N2O2/c1-21(15(22)11-7-8-14(23-2)20-9-11)10-12-5-3-4-6-13(12)16(17,18)19/h3-9H,10H2,1-2H3. The lowest BCUT2D eigenvalue weighted by molar-refractivity contribution is -0.138. The summed E-state index contributed by atoms with van der Waals surface area (Å²) in [6.45, 7) is -0.152. The van der Waals surface area contributed by atoms with Crippen LogP contribution in [0.1, 0.15) is 21.5 Å². The summed E-state index contributed by atoms with van der Waals surface area (Å²) in [6, 6.07) is 8.23. The Morgan fingerprint density at radius 1 is 1.22 bits per heavy atom. The monoisotopic (exact) mass is 324 g/mol. The van der Waals surface area contributed by atoms with E-state index in [9.17, 15) is 18.0 Å². The molecular weight excluding hydrogens is 309 g/mol. The maximum atomic E-state index is 13.0. The number of ether oxygens (including phenoxy) is 1. The number of carbonyl (C=O) groups excluding carboxylic acids is 1. The van der Waals surface area contributed by atoms with Gasteiger partial charge in [-0.15, -0.1) is 0 Å². The second kappa shape index (κ2) is 6.68. The number of amides is 1. The molecule has 0 aliphatic heterocycles. The first kappa shape index (κ1) is 16.8. The average Bonchev–Trinajstić information content (AvgIpc) is 2.53. The summed E-state index contributed by atoms with van der Waals surface area (Å²) in [4.78, 5) is 17.4. The second-order valence-corrected chi connectivity index (χ2v) is 4.91. The van der Waals surface area contributed by atoms with E-state index in [0.29, 0.717) is 5.88 Å². The Morgan fingerprint density at radius 2 is 1.91 bits per heavy atom. The topological polar surface area (TPSA) is 42.4 Å². The van der Waals surface area contributed by atoms with Crippen molar-refractivity contribution in [3.8, 4) is 5.88 Å². The van der Waals surface area contributed by atoms with Crippen LogP contribution >= 0.6 is 0 Å². The molecule has 0 bridgehead atoms. The van der Waals surface area contributed by atoms with Gasteiger partial charge in [0.05, 0.1) is 18.2 Å². The number of hydrogen-bond acceptors (Lipinski definition) is 3. The van der Waals surface area contributed by atoms with Crippen LogP contribution < -0.4 is 4.74 Å². The third-order valence-electron chi connectivity index (χ3n) is 3.27. The third-order valence-corrected chi connectivity index (χ3v) is 3.27. The number of aromatic nitrogens is 1. The fourth-order valence-corrected chi connectivity index (χ4v) is 2.11. The molecule has 122 valence electrons. The van der Waals surface area contributed by atoms with Crippen LogP contribution in [-0.2, 0) is 12.7 Å². The quantitative estimate of drug-likeness (QED) is 0.866. The van der Waals surface area contributed by atoms with Crippen LogP contribution in [-0.4, -0.2) is 29.9 Å². The number of benzene rings is 1. The van der Waals surface area contributed by atoms with Crippen LogP contribution in [0, 0.1) is 0 Å². The number of pyridine rings is 1. The minimum atomic E-state index is -4.46. The first-order valence-electron chi connectivity index (χ1n) is 6.73. The Kier molecular flexibility index (Phi) is 4.88. The molecule has 1 heterocycles. The van der Waals surface area contributed by atoms with Crippen molar-refractivity contribution in [2.24, 2.45) is 0 Å². The number of alkyl halides is 3. The van der Waals surface area contributed by atoms with E-state index >= 15 is 0 Å². The minimum Gasteiger partial charge on any atom is -0.481 e. The maximum absolute atomic E-state index is 13.0. The van der Waals surface area contributed by atoms with Gasteiger partial charge in [-0.25, -0.2) is 4.98 Å². The van der Waals surface area contributed by atoms with E-state index in [1.807, 2.05) is 0 Å². The van der Waals surface area contributed by atoms with Gasteiger partial charge in [0.1, 0.15) is 0 Å². The van der Waals surface area contributed by atoms with E-state index < -0.39 is 17.6 Å². The summed E-state index contributed by atoms with van der Waals surface area (Å²) >= 11 is 0. The predicted molar refractivity (Wildman–Crippen MR) is 78.0 cm³/mol. The van der Waals surface area contributed by atoms with Crippen LogP contribution in [0.15, 0.2) is 42.6 Å². The zero-order valence-electron chi connectivity index (χ0n) is 12.6. The summed E-state index contributed by atoms with van der Waals surface area (Å²) in [5.74, 6) is -0.0660. The molecule has 0 fully saturated rings. The third kappa shape index (κ3) is 4.00. The SMILES string of the molecule is COc1ccc(C(=O)N(C)Cc2ccccc2C(F)(F)F)cn1. The largest absolute Gasteiger partial charge is 0.481 e. The van der Waals surface area contributed by atoms with Crippen LogP contribution in [0.2, 0.25) is 0 Å². The highest BCUT2D eigenvalue weighted by Gasteiger charge is 2.33. The number of methoxy groups -OCH3 is 1. The highest BCUT2D eigenvalue weighted by Crippen LogP contribution is 2.32. The number of hydrogen-bond donors (Lipinski definition) is 0. The van der Waals surface area contributed by atoms with E-state index in [1.54, 1.807) is 0 Å². The first-order valence-corrected chi connectivity index (χ1v) is 6.73. The molecule has 1 aromatic carbocycles. The second-order valence-electron chi connectivity index (χ2n) is 4.91. The van der Waals surface area contributed by atoms with E-state index in [-0.39, 0.29) is 17.7 Å². The van der Waals surface area contributed by atoms with Gasteiger partial charge < -0.3 is 9.64 Å². The lowest BCUT2D eigenvalue weighted by Gasteiger charge is -2.20. The van der Waals surface area contributed by atoms with Gasteiger partial charge in [0.25, 0.3) is 5.91 Å². The molecule has 0 N–H and O–H groups in total.